The minimum absolute atomic E-state index is 0.121. The van der Waals surface area contributed by atoms with Crippen LogP contribution in [0.1, 0.15) is 44.5 Å². The van der Waals surface area contributed by atoms with Crippen molar-refractivity contribution in [3.05, 3.63) is 53.3 Å². The smallest absolute Gasteiger partial charge is 0.407 e. The fourth-order valence-corrected chi connectivity index (χ4v) is 2.88. The Morgan fingerprint density at radius 3 is 2.65 bits per heavy atom. The SMILES string of the molecule is CC(=C1C(=O)Nc2ccc(CNC(=O)OC(C)(C)C)cc21)c1ccc[nH]1. The van der Waals surface area contributed by atoms with Crippen LogP contribution in [0.25, 0.3) is 11.1 Å². The summed E-state index contributed by atoms with van der Waals surface area (Å²) >= 11 is 0. The molecule has 0 aliphatic carbocycles. The maximum atomic E-state index is 12.4. The molecule has 0 radical (unpaired) electrons. The van der Waals surface area contributed by atoms with E-state index in [2.05, 4.69) is 15.6 Å². The lowest BCUT2D eigenvalue weighted by molar-refractivity contribution is -0.110. The molecule has 1 aliphatic rings. The molecule has 0 unspecified atom stereocenters. The molecule has 0 saturated carbocycles. The number of carbonyl (C=O) groups is 2. The van der Waals surface area contributed by atoms with Crippen LogP contribution < -0.4 is 10.6 Å². The number of rotatable bonds is 3. The number of benzene rings is 1. The van der Waals surface area contributed by atoms with Crippen molar-refractivity contribution in [3.63, 3.8) is 0 Å². The van der Waals surface area contributed by atoms with Crippen molar-refractivity contribution in [1.82, 2.24) is 10.3 Å². The molecule has 3 N–H and O–H groups in total. The highest BCUT2D eigenvalue weighted by atomic mass is 16.6. The lowest BCUT2D eigenvalue weighted by Gasteiger charge is -2.19. The van der Waals surface area contributed by atoms with E-state index in [4.69, 9.17) is 4.74 Å². The Morgan fingerprint density at radius 1 is 1.23 bits per heavy atom. The van der Waals surface area contributed by atoms with Gasteiger partial charge in [-0.25, -0.2) is 4.79 Å². The highest BCUT2D eigenvalue weighted by Crippen LogP contribution is 2.37. The first kappa shape index (κ1) is 17.8. The number of hydrogen-bond donors (Lipinski definition) is 3. The monoisotopic (exact) mass is 353 g/mol. The number of carbonyl (C=O) groups excluding carboxylic acids is 2. The maximum Gasteiger partial charge on any atom is 0.407 e. The van der Waals surface area contributed by atoms with Gasteiger partial charge in [-0.2, -0.15) is 0 Å². The number of allylic oxidation sites excluding steroid dienone is 1. The van der Waals surface area contributed by atoms with Gasteiger partial charge in [-0.15, -0.1) is 0 Å². The summed E-state index contributed by atoms with van der Waals surface area (Å²) in [6, 6.07) is 9.49. The number of anilines is 1. The summed E-state index contributed by atoms with van der Waals surface area (Å²) in [6.07, 6.45) is 1.36. The molecular formula is C20H23N3O3. The molecule has 0 bridgehead atoms. The van der Waals surface area contributed by atoms with Crippen molar-refractivity contribution in [2.45, 2.75) is 39.8 Å². The van der Waals surface area contributed by atoms with Gasteiger partial charge < -0.3 is 20.4 Å². The number of ether oxygens (including phenoxy) is 1. The second-order valence-electron chi connectivity index (χ2n) is 7.27. The summed E-state index contributed by atoms with van der Waals surface area (Å²) < 4.78 is 5.25. The van der Waals surface area contributed by atoms with Gasteiger partial charge in [-0.1, -0.05) is 6.07 Å². The molecular weight excluding hydrogens is 330 g/mol. The van der Waals surface area contributed by atoms with E-state index in [1.165, 1.54) is 0 Å². The Kier molecular flexibility index (Phi) is 4.59. The van der Waals surface area contributed by atoms with E-state index < -0.39 is 11.7 Å². The van der Waals surface area contributed by atoms with Crippen molar-refractivity contribution >= 4 is 28.8 Å². The van der Waals surface area contributed by atoms with Gasteiger partial charge in [-0.05, 0) is 63.1 Å². The van der Waals surface area contributed by atoms with E-state index in [9.17, 15) is 9.59 Å². The van der Waals surface area contributed by atoms with Gasteiger partial charge in [0, 0.05) is 29.7 Å². The van der Waals surface area contributed by atoms with Crippen molar-refractivity contribution < 1.29 is 14.3 Å². The fourth-order valence-electron chi connectivity index (χ4n) is 2.88. The summed E-state index contributed by atoms with van der Waals surface area (Å²) in [5.41, 5.74) is 4.39. The Morgan fingerprint density at radius 2 is 2.00 bits per heavy atom. The van der Waals surface area contributed by atoms with Gasteiger partial charge in [0.1, 0.15) is 5.60 Å². The van der Waals surface area contributed by atoms with Crippen LogP contribution in [0.2, 0.25) is 0 Å². The molecule has 2 heterocycles. The number of hydrogen-bond acceptors (Lipinski definition) is 3. The average Bonchev–Trinajstić information content (AvgIpc) is 3.17. The first-order valence-electron chi connectivity index (χ1n) is 8.51. The van der Waals surface area contributed by atoms with Crippen molar-refractivity contribution in [3.8, 4) is 0 Å². The highest BCUT2D eigenvalue weighted by Gasteiger charge is 2.27. The molecule has 1 aromatic carbocycles. The normalized spacial score (nSPS) is 15.3. The van der Waals surface area contributed by atoms with Gasteiger partial charge in [0.05, 0.1) is 5.57 Å². The summed E-state index contributed by atoms with van der Waals surface area (Å²) in [6.45, 7) is 7.70. The molecule has 2 aromatic rings. The van der Waals surface area contributed by atoms with Crippen LogP contribution in [0, 0.1) is 0 Å². The van der Waals surface area contributed by atoms with Crippen LogP contribution in [-0.2, 0) is 16.1 Å². The number of nitrogens with one attached hydrogen (secondary N) is 3. The number of alkyl carbamates (subject to hydrolysis) is 1. The lowest BCUT2D eigenvalue weighted by Crippen LogP contribution is -2.32. The minimum Gasteiger partial charge on any atom is -0.444 e. The zero-order valence-corrected chi connectivity index (χ0v) is 15.4. The molecule has 136 valence electrons. The summed E-state index contributed by atoms with van der Waals surface area (Å²) in [7, 11) is 0. The average molecular weight is 353 g/mol. The van der Waals surface area contributed by atoms with Crippen LogP contribution in [0.5, 0.6) is 0 Å². The number of fused-ring (bicyclic) bond motifs is 1. The van der Waals surface area contributed by atoms with Gasteiger partial charge in [0.25, 0.3) is 5.91 Å². The lowest BCUT2D eigenvalue weighted by atomic mass is 9.98. The van der Waals surface area contributed by atoms with E-state index in [1.54, 1.807) is 0 Å². The van der Waals surface area contributed by atoms with Crippen LogP contribution in [0.15, 0.2) is 36.5 Å². The molecule has 6 heteroatoms. The predicted molar refractivity (Wildman–Crippen MR) is 101 cm³/mol. The Balaban J connectivity index is 1.83. The third kappa shape index (κ3) is 3.79. The maximum absolute atomic E-state index is 12.4. The minimum atomic E-state index is -0.540. The summed E-state index contributed by atoms with van der Waals surface area (Å²) in [5, 5.41) is 5.63. The van der Waals surface area contributed by atoms with E-state index in [0.717, 1.165) is 28.1 Å². The predicted octanol–water partition coefficient (Wildman–Crippen LogP) is 3.92. The number of aromatic amines is 1. The number of H-pyrrole nitrogens is 1. The molecule has 0 fully saturated rings. The third-order valence-electron chi connectivity index (χ3n) is 4.04. The van der Waals surface area contributed by atoms with E-state index >= 15 is 0 Å². The molecule has 0 atom stereocenters. The van der Waals surface area contributed by atoms with Crippen molar-refractivity contribution in [2.24, 2.45) is 0 Å². The molecule has 2 amide bonds. The second kappa shape index (κ2) is 6.71. The Bertz CT molecular complexity index is 874. The van der Waals surface area contributed by atoms with Gasteiger partial charge in [0.15, 0.2) is 0 Å². The fraction of sp³-hybridized carbons (Fsp3) is 0.300. The Hall–Kier alpha value is -3.02. The van der Waals surface area contributed by atoms with Crippen LogP contribution in [0.4, 0.5) is 10.5 Å². The van der Waals surface area contributed by atoms with Gasteiger partial charge in [-0.3, -0.25) is 4.79 Å². The van der Waals surface area contributed by atoms with Crippen molar-refractivity contribution in [2.75, 3.05) is 5.32 Å². The zero-order valence-electron chi connectivity index (χ0n) is 15.4. The molecule has 3 rings (SSSR count). The number of amides is 2. The highest BCUT2D eigenvalue weighted by molar-refractivity contribution is 6.36. The first-order valence-corrected chi connectivity index (χ1v) is 8.51. The summed E-state index contributed by atoms with van der Waals surface area (Å²) in [5.74, 6) is -0.121. The van der Waals surface area contributed by atoms with Crippen LogP contribution >= 0.6 is 0 Å². The van der Waals surface area contributed by atoms with Gasteiger partial charge >= 0.3 is 6.09 Å². The zero-order chi connectivity index (χ0) is 18.9. The van der Waals surface area contributed by atoms with E-state index in [-0.39, 0.29) is 5.91 Å². The molecule has 26 heavy (non-hydrogen) atoms. The Labute approximate surface area is 152 Å². The molecule has 1 aromatic heterocycles. The molecule has 1 aliphatic heterocycles. The standard InChI is InChI=1S/C20H23N3O3/c1-12(15-6-5-9-21-15)17-14-10-13(7-8-16(14)23-18(17)24)11-22-19(25)26-20(2,3)4/h5-10,21H,11H2,1-4H3,(H,22,25)(H,23,24). The largest absolute Gasteiger partial charge is 0.444 e. The molecule has 0 spiro atoms. The van der Waals surface area contributed by atoms with Crippen LogP contribution in [0.3, 0.4) is 0 Å². The van der Waals surface area contributed by atoms with Crippen molar-refractivity contribution in [1.29, 1.82) is 0 Å². The van der Waals surface area contributed by atoms with E-state index in [0.29, 0.717) is 12.1 Å². The summed E-state index contributed by atoms with van der Waals surface area (Å²) in [4.78, 5) is 27.4. The molecule has 0 saturated heterocycles. The third-order valence-corrected chi connectivity index (χ3v) is 4.04. The number of aromatic nitrogens is 1. The van der Waals surface area contributed by atoms with Gasteiger partial charge in [0.2, 0.25) is 0 Å². The van der Waals surface area contributed by atoms with Crippen LogP contribution in [-0.4, -0.2) is 22.6 Å². The topological polar surface area (TPSA) is 83.2 Å². The quantitative estimate of drug-likeness (QED) is 0.731. The second-order valence-corrected chi connectivity index (χ2v) is 7.27. The first-order chi connectivity index (χ1) is 12.2. The molecule has 6 nitrogen and oxygen atoms in total. The van der Waals surface area contributed by atoms with E-state index in [1.807, 2.05) is 64.2 Å².